The van der Waals surface area contributed by atoms with E-state index in [1.54, 1.807) is 12.2 Å². The summed E-state index contributed by atoms with van der Waals surface area (Å²) in [5, 5.41) is 9.72. The van der Waals surface area contributed by atoms with E-state index in [0.717, 1.165) is 18.8 Å². The lowest BCUT2D eigenvalue weighted by molar-refractivity contribution is -0.132. The van der Waals surface area contributed by atoms with Crippen molar-refractivity contribution in [3.63, 3.8) is 0 Å². The van der Waals surface area contributed by atoms with Gasteiger partial charge in [0.1, 0.15) is 0 Å². The summed E-state index contributed by atoms with van der Waals surface area (Å²) in [7, 11) is 0. The van der Waals surface area contributed by atoms with E-state index in [1.807, 2.05) is 23.2 Å². The molecule has 2 heterocycles. The third kappa shape index (κ3) is 3.12. The fourth-order valence-corrected chi connectivity index (χ4v) is 3.13. The molecule has 0 atom stereocenters. The van der Waals surface area contributed by atoms with Crippen LogP contribution in [0.5, 0.6) is 0 Å². The average Bonchev–Trinajstić information content (AvgIpc) is 2.55. The summed E-state index contributed by atoms with van der Waals surface area (Å²) in [5.41, 5.74) is 2.53. The van der Waals surface area contributed by atoms with Gasteiger partial charge in [0.25, 0.3) is 0 Å². The van der Waals surface area contributed by atoms with Gasteiger partial charge in [-0.15, -0.1) is 0 Å². The monoisotopic (exact) mass is 318 g/mol. The number of halogens is 1. The van der Waals surface area contributed by atoms with Crippen molar-refractivity contribution < 1.29 is 9.90 Å². The van der Waals surface area contributed by atoms with Gasteiger partial charge in [0, 0.05) is 30.9 Å². The first kappa shape index (κ1) is 15.0. The number of aliphatic carboxylic acids is 1. The summed E-state index contributed by atoms with van der Waals surface area (Å²) in [6.07, 6.45) is 8.88. The van der Waals surface area contributed by atoms with Crippen molar-refractivity contribution in [1.82, 2.24) is 0 Å². The normalized spacial score (nSPS) is 18.3. The largest absolute Gasteiger partial charge is 0.478 e. The van der Waals surface area contributed by atoms with Crippen molar-refractivity contribution in [2.45, 2.75) is 19.3 Å². The number of piperidine rings is 1. The SMILES string of the molecule is O=C(O)C1=CCN(c2cc(Cl)ccc2N2CCCCC2)C=C1. The highest BCUT2D eigenvalue weighted by atomic mass is 35.5. The van der Waals surface area contributed by atoms with Gasteiger partial charge < -0.3 is 14.9 Å². The highest BCUT2D eigenvalue weighted by Crippen LogP contribution is 2.35. The van der Waals surface area contributed by atoms with Crippen LogP contribution in [0.4, 0.5) is 11.4 Å². The summed E-state index contributed by atoms with van der Waals surface area (Å²) >= 11 is 6.18. The molecule has 1 fully saturated rings. The summed E-state index contributed by atoms with van der Waals surface area (Å²) in [6, 6.07) is 5.93. The Labute approximate surface area is 135 Å². The molecule has 1 saturated heterocycles. The van der Waals surface area contributed by atoms with Crippen LogP contribution in [-0.4, -0.2) is 30.7 Å². The Morgan fingerprint density at radius 2 is 1.91 bits per heavy atom. The second-order valence-electron chi connectivity index (χ2n) is 5.61. The van der Waals surface area contributed by atoms with Gasteiger partial charge in [-0.25, -0.2) is 4.79 Å². The zero-order valence-electron chi connectivity index (χ0n) is 12.3. The van der Waals surface area contributed by atoms with Crippen molar-refractivity contribution in [2.75, 3.05) is 29.4 Å². The van der Waals surface area contributed by atoms with E-state index in [1.165, 1.54) is 24.9 Å². The molecule has 116 valence electrons. The van der Waals surface area contributed by atoms with E-state index in [4.69, 9.17) is 16.7 Å². The highest BCUT2D eigenvalue weighted by molar-refractivity contribution is 6.31. The lowest BCUT2D eigenvalue weighted by atomic mass is 10.1. The minimum atomic E-state index is -0.891. The first-order valence-corrected chi connectivity index (χ1v) is 7.96. The third-order valence-electron chi connectivity index (χ3n) is 4.13. The molecule has 0 unspecified atom stereocenters. The summed E-state index contributed by atoms with van der Waals surface area (Å²) in [5.74, 6) is -0.891. The Morgan fingerprint density at radius 1 is 1.14 bits per heavy atom. The van der Waals surface area contributed by atoms with Crippen molar-refractivity contribution in [1.29, 1.82) is 0 Å². The molecule has 22 heavy (non-hydrogen) atoms. The second-order valence-corrected chi connectivity index (χ2v) is 6.05. The second kappa shape index (κ2) is 6.44. The Kier molecular flexibility index (Phi) is 4.39. The molecule has 2 aliphatic rings. The maximum atomic E-state index is 11.0. The molecule has 1 N–H and O–H groups in total. The van der Waals surface area contributed by atoms with Crippen molar-refractivity contribution >= 4 is 28.9 Å². The van der Waals surface area contributed by atoms with E-state index < -0.39 is 5.97 Å². The van der Waals surface area contributed by atoms with Gasteiger partial charge in [-0.05, 0) is 43.5 Å². The van der Waals surface area contributed by atoms with Crippen molar-refractivity contribution in [3.05, 3.63) is 47.1 Å². The lowest BCUT2D eigenvalue weighted by Gasteiger charge is -2.33. The molecule has 0 radical (unpaired) electrons. The molecule has 3 rings (SSSR count). The number of benzene rings is 1. The molecule has 5 heteroatoms. The van der Waals surface area contributed by atoms with Gasteiger partial charge in [-0.1, -0.05) is 17.7 Å². The van der Waals surface area contributed by atoms with Crippen LogP contribution in [0.2, 0.25) is 5.02 Å². The molecule has 1 aromatic rings. The van der Waals surface area contributed by atoms with Gasteiger partial charge in [-0.2, -0.15) is 0 Å². The van der Waals surface area contributed by atoms with Crippen LogP contribution < -0.4 is 9.80 Å². The summed E-state index contributed by atoms with van der Waals surface area (Å²) < 4.78 is 0. The Morgan fingerprint density at radius 3 is 2.55 bits per heavy atom. The zero-order valence-corrected chi connectivity index (χ0v) is 13.1. The molecule has 4 nitrogen and oxygen atoms in total. The number of carboxylic acid groups (broad SMARTS) is 1. The number of carbonyl (C=O) groups is 1. The number of nitrogens with zero attached hydrogens (tertiary/aromatic N) is 2. The Hall–Kier alpha value is -1.94. The van der Waals surface area contributed by atoms with Crippen LogP contribution in [0.3, 0.4) is 0 Å². The number of rotatable bonds is 3. The van der Waals surface area contributed by atoms with Crippen molar-refractivity contribution in [2.24, 2.45) is 0 Å². The lowest BCUT2D eigenvalue weighted by Crippen LogP contribution is -2.31. The maximum Gasteiger partial charge on any atom is 0.335 e. The number of hydrogen-bond donors (Lipinski definition) is 1. The van der Waals surface area contributed by atoms with Crippen LogP contribution >= 0.6 is 11.6 Å². The third-order valence-corrected chi connectivity index (χ3v) is 4.37. The first-order chi connectivity index (χ1) is 10.6. The summed E-state index contributed by atoms with van der Waals surface area (Å²) in [6.45, 7) is 2.66. The van der Waals surface area contributed by atoms with Crippen LogP contribution in [0.25, 0.3) is 0 Å². The average molecular weight is 319 g/mol. The Bertz CT molecular complexity index is 634. The summed E-state index contributed by atoms with van der Waals surface area (Å²) in [4.78, 5) is 15.4. The molecule has 1 aromatic carbocycles. The molecule has 0 aromatic heterocycles. The first-order valence-electron chi connectivity index (χ1n) is 7.58. The van der Waals surface area contributed by atoms with E-state index in [2.05, 4.69) is 11.0 Å². The predicted molar refractivity (Wildman–Crippen MR) is 89.7 cm³/mol. The smallest absolute Gasteiger partial charge is 0.335 e. The minimum Gasteiger partial charge on any atom is -0.478 e. The van der Waals surface area contributed by atoms with Gasteiger partial charge in [0.2, 0.25) is 0 Å². The molecule has 0 amide bonds. The Balaban J connectivity index is 1.88. The number of carboxylic acids is 1. The van der Waals surface area contributed by atoms with E-state index in [-0.39, 0.29) is 0 Å². The van der Waals surface area contributed by atoms with Gasteiger partial charge in [0.15, 0.2) is 0 Å². The highest BCUT2D eigenvalue weighted by Gasteiger charge is 2.19. The molecular formula is C17H19ClN2O2. The quantitative estimate of drug-likeness (QED) is 0.923. The maximum absolute atomic E-state index is 11.0. The standard InChI is InChI=1S/C17H19ClN2O2/c18-14-4-5-15(19-8-2-1-3-9-19)16(12-14)20-10-6-13(7-11-20)17(21)22/h4-7,10,12H,1-3,8-9,11H2,(H,21,22). The minimum absolute atomic E-state index is 0.331. The van der Waals surface area contributed by atoms with Crippen LogP contribution in [0, 0.1) is 0 Å². The molecule has 0 spiro atoms. The molecule has 0 bridgehead atoms. The molecule has 0 aliphatic carbocycles. The van der Waals surface area contributed by atoms with Gasteiger partial charge in [-0.3, -0.25) is 0 Å². The molecule has 2 aliphatic heterocycles. The van der Waals surface area contributed by atoms with Gasteiger partial charge >= 0.3 is 5.97 Å². The number of anilines is 2. The fourth-order valence-electron chi connectivity index (χ4n) is 2.96. The van der Waals surface area contributed by atoms with Gasteiger partial charge in [0.05, 0.1) is 16.9 Å². The van der Waals surface area contributed by atoms with E-state index >= 15 is 0 Å². The van der Waals surface area contributed by atoms with Crippen LogP contribution in [0.15, 0.2) is 42.1 Å². The van der Waals surface area contributed by atoms with Crippen molar-refractivity contribution in [3.8, 4) is 0 Å². The molecular weight excluding hydrogens is 300 g/mol. The fraction of sp³-hybridized carbons (Fsp3) is 0.353. The van der Waals surface area contributed by atoms with Crippen LogP contribution in [0.1, 0.15) is 19.3 Å². The van der Waals surface area contributed by atoms with E-state index in [9.17, 15) is 4.79 Å². The molecule has 0 saturated carbocycles. The predicted octanol–water partition coefficient (Wildman–Crippen LogP) is 3.68. The zero-order chi connectivity index (χ0) is 15.5. The van der Waals surface area contributed by atoms with Crippen LogP contribution in [-0.2, 0) is 4.79 Å². The topological polar surface area (TPSA) is 43.8 Å². The number of hydrogen-bond acceptors (Lipinski definition) is 3. The van der Waals surface area contributed by atoms with E-state index in [0.29, 0.717) is 17.1 Å².